The van der Waals surface area contributed by atoms with Gasteiger partial charge in [-0.2, -0.15) is 4.39 Å². The molecule has 1 aromatic carbocycles. The van der Waals surface area contributed by atoms with Crippen LogP contribution in [0.3, 0.4) is 0 Å². The Bertz CT molecular complexity index is 272. The third-order valence-corrected chi connectivity index (χ3v) is 1.12. The summed E-state index contributed by atoms with van der Waals surface area (Å²) in [6, 6.07) is 0.285. The maximum Gasteiger partial charge on any atom is 0.207 e. The first-order valence-corrected chi connectivity index (χ1v) is 2.59. The summed E-state index contributed by atoms with van der Waals surface area (Å²) in [5.41, 5.74) is 0. The number of benzene rings is 1. The van der Waals surface area contributed by atoms with Crippen LogP contribution in [0, 0.1) is 17.5 Å². The van der Waals surface area contributed by atoms with Gasteiger partial charge < -0.3 is 10.2 Å². The van der Waals surface area contributed by atoms with Gasteiger partial charge in [0.05, 0.1) is 0 Å². The topological polar surface area (TPSA) is 40.5 Å². The van der Waals surface area contributed by atoms with E-state index in [1.165, 1.54) is 0 Å². The van der Waals surface area contributed by atoms with Gasteiger partial charge in [0.1, 0.15) is 0 Å². The van der Waals surface area contributed by atoms with Crippen molar-refractivity contribution in [3.05, 3.63) is 23.5 Å². The molecule has 11 heavy (non-hydrogen) atoms. The molecule has 0 heterocycles. The monoisotopic (exact) mass is 164 g/mol. The van der Waals surface area contributed by atoms with E-state index in [1.807, 2.05) is 0 Å². The number of phenols is 2. The SMILES string of the molecule is Oc1cc(F)c(F)c(F)c1O. The van der Waals surface area contributed by atoms with Gasteiger partial charge in [0.25, 0.3) is 0 Å². The molecule has 2 N–H and O–H groups in total. The second kappa shape index (κ2) is 2.34. The second-order valence-electron chi connectivity index (χ2n) is 1.85. The second-order valence-corrected chi connectivity index (χ2v) is 1.85. The van der Waals surface area contributed by atoms with Gasteiger partial charge >= 0.3 is 0 Å². The minimum absolute atomic E-state index is 0.285. The van der Waals surface area contributed by atoms with Gasteiger partial charge in [-0.1, -0.05) is 0 Å². The van der Waals surface area contributed by atoms with Gasteiger partial charge in [-0.3, -0.25) is 0 Å². The molecule has 5 heteroatoms. The molecular formula is C6H3F3O2. The zero-order valence-electron chi connectivity index (χ0n) is 5.11. The van der Waals surface area contributed by atoms with Gasteiger partial charge in [-0.15, -0.1) is 0 Å². The lowest BCUT2D eigenvalue weighted by Gasteiger charge is -1.99. The summed E-state index contributed by atoms with van der Waals surface area (Å²) in [6.45, 7) is 0. The lowest BCUT2D eigenvalue weighted by molar-refractivity contribution is 0.349. The van der Waals surface area contributed by atoms with Gasteiger partial charge in [0.2, 0.25) is 5.82 Å². The maximum atomic E-state index is 12.2. The molecule has 0 unspecified atom stereocenters. The van der Waals surface area contributed by atoms with Gasteiger partial charge in [0, 0.05) is 6.07 Å². The fourth-order valence-electron chi connectivity index (χ4n) is 0.573. The number of hydrogen-bond acceptors (Lipinski definition) is 2. The van der Waals surface area contributed by atoms with E-state index < -0.39 is 29.0 Å². The third-order valence-electron chi connectivity index (χ3n) is 1.12. The van der Waals surface area contributed by atoms with Crippen LogP contribution in [0.5, 0.6) is 11.5 Å². The fraction of sp³-hybridized carbons (Fsp3) is 0. The summed E-state index contributed by atoms with van der Waals surface area (Å²) < 4.78 is 36.5. The average Bonchev–Trinajstić information content (AvgIpc) is 1.97. The summed E-state index contributed by atoms with van der Waals surface area (Å²) in [7, 11) is 0. The Morgan fingerprint density at radius 3 is 2.09 bits per heavy atom. The Kier molecular flexibility index (Phi) is 1.64. The number of rotatable bonds is 0. The zero-order valence-corrected chi connectivity index (χ0v) is 5.11. The Labute approximate surface area is 59.5 Å². The predicted molar refractivity (Wildman–Crippen MR) is 29.6 cm³/mol. The molecule has 0 saturated carbocycles. The highest BCUT2D eigenvalue weighted by Crippen LogP contribution is 2.30. The molecule has 0 aliphatic rings. The molecular weight excluding hydrogens is 161 g/mol. The average molecular weight is 164 g/mol. The molecule has 0 fully saturated rings. The molecule has 0 bridgehead atoms. The number of hydrogen-bond donors (Lipinski definition) is 2. The van der Waals surface area contributed by atoms with Crippen LogP contribution in [-0.2, 0) is 0 Å². The summed E-state index contributed by atoms with van der Waals surface area (Å²) in [6.07, 6.45) is 0. The molecule has 0 saturated heterocycles. The van der Waals surface area contributed by atoms with E-state index in [2.05, 4.69) is 0 Å². The molecule has 0 radical (unpaired) electrons. The zero-order chi connectivity index (χ0) is 8.59. The smallest absolute Gasteiger partial charge is 0.207 e. The van der Waals surface area contributed by atoms with E-state index in [0.29, 0.717) is 0 Å². The molecule has 0 aliphatic carbocycles. The van der Waals surface area contributed by atoms with Crippen LogP contribution in [0.15, 0.2) is 6.07 Å². The van der Waals surface area contributed by atoms with Crippen LogP contribution in [-0.4, -0.2) is 10.2 Å². The van der Waals surface area contributed by atoms with Gasteiger partial charge in [-0.25, -0.2) is 8.78 Å². The third kappa shape index (κ3) is 1.09. The number of phenolic OH excluding ortho intramolecular Hbond substituents is 2. The Morgan fingerprint density at radius 1 is 1.00 bits per heavy atom. The van der Waals surface area contributed by atoms with E-state index in [9.17, 15) is 13.2 Å². The molecule has 0 spiro atoms. The van der Waals surface area contributed by atoms with Crippen molar-refractivity contribution in [1.82, 2.24) is 0 Å². The van der Waals surface area contributed by atoms with Crippen LogP contribution in [0.2, 0.25) is 0 Å². The van der Waals surface area contributed by atoms with Gasteiger partial charge in [0.15, 0.2) is 23.1 Å². The molecule has 2 nitrogen and oxygen atoms in total. The number of halogens is 3. The standard InChI is InChI=1S/C6H3F3O2/c7-2-1-3(10)6(11)5(9)4(2)8/h1,10-11H. The Hall–Kier alpha value is -1.39. The summed E-state index contributed by atoms with van der Waals surface area (Å²) >= 11 is 0. The molecule has 0 amide bonds. The van der Waals surface area contributed by atoms with Crippen molar-refractivity contribution in [3.8, 4) is 11.5 Å². The lowest BCUT2D eigenvalue weighted by atomic mass is 10.3. The molecule has 0 aliphatic heterocycles. The number of aromatic hydroxyl groups is 2. The Balaban J connectivity index is 3.46. The van der Waals surface area contributed by atoms with Crippen molar-refractivity contribution in [2.24, 2.45) is 0 Å². The molecule has 1 rings (SSSR count). The Morgan fingerprint density at radius 2 is 1.55 bits per heavy atom. The molecule has 0 atom stereocenters. The first kappa shape index (κ1) is 7.71. The van der Waals surface area contributed by atoms with Crippen LogP contribution in [0.4, 0.5) is 13.2 Å². The van der Waals surface area contributed by atoms with Crippen molar-refractivity contribution in [1.29, 1.82) is 0 Å². The predicted octanol–water partition coefficient (Wildman–Crippen LogP) is 1.52. The van der Waals surface area contributed by atoms with Crippen molar-refractivity contribution in [3.63, 3.8) is 0 Å². The van der Waals surface area contributed by atoms with Crippen molar-refractivity contribution in [2.45, 2.75) is 0 Å². The minimum atomic E-state index is -1.81. The van der Waals surface area contributed by atoms with E-state index in [-0.39, 0.29) is 6.07 Å². The van der Waals surface area contributed by atoms with Gasteiger partial charge in [-0.05, 0) is 0 Å². The summed E-state index contributed by atoms with van der Waals surface area (Å²) in [5.74, 6) is -7.45. The highest BCUT2D eigenvalue weighted by molar-refractivity contribution is 5.39. The van der Waals surface area contributed by atoms with Crippen LogP contribution in [0.25, 0.3) is 0 Å². The van der Waals surface area contributed by atoms with Crippen molar-refractivity contribution >= 4 is 0 Å². The van der Waals surface area contributed by atoms with E-state index in [0.717, 1.165) is 0 Å². The minimum Gasteiger partial charge on any atom is -0.504 e. The van der Waals surface area contributed by atoms with E-state index in [4.69, 9.17) is 10.2 Å². The molecule has 60 valence electrons. The molecule has 1 aromatic rings. The van der Waals surface area contributed by atoms with Crippen molar-refractivity contribution < 1.29 is 23.4 Å². The fourth-order valence-corrected chi connectivity index (χ4v) is 0.573. The largest absolute Gasteiger partial charge is 0.504 e. The summed E-state index contributed by atoms with van der Waals surface area (Å²) in [5, 5.41) is 17.0. The van der Waals surface area contributed by atoms with Crippen LogP contribution >= 0.6 is 0 Å². The highest BCUT2D eigenvalue weighted by Gasteiger charge is 2.16. The first-order valence-electron chi connectivity index (χ1n) is 2.59. The first-order chi connectivity index (χ1) is 5.04. The normalized spacial score (nSPS) is 10.1. The highest BCUT2D eigenvalue weighted by atomic mass is 19.2. The summed E-state index contributed by atoms with van der Waals surface area (Å²) in [4.78, 5) is 0. The quantitative estimate of drug-likeness (QED) is 0.450. The van der Waals surface area contributed by atoms with Crippen molar-refractivity contribution in [2.75, 3.05) is 0 Å². The lowest BCUT2D eigenvalue weighted by Crippen LogP contribution is -1.90. The van der Waals surface area contributed by atoms with Crippen LogP contribution in [0.1, 0.15) is 0 Å². The van der Waals surface area contributed by atoms with E-state index in [1.54, 1.807) is 0 Å². The van der Waals surface area contributed by atoms with E-state index >= 15 is 0 Å². The maximum absolute atomic E-state index is 12.2. The molecule has 0 aromatic heterocycles. The van der Waals surface area contributed by atoms with Crippen LogP contribution < -0.4 is 0 Å².